The Morgan fingerprint density at radius 3 is 2.94 bits per heavy atom. The summed E-state index contributed by atoms with van der Waals surface area (Å²) in [5.74, 6) is 1.88. The van der Waals surface area contributed by atoms with Gasteiger partial charge < -0.3 is 10.1 Å². The van der Waals surface area contributed by atoms with Crippen molar-refractivity contribution in [2.24, 2.45) is 0 Å². The zero-order chi connectivity index (χ0) is 11.4. The van der Waals surface area contributed by atoms with E-state index in [0.717, 1.165) is 5.69 Å². The largest absolute Gasteiger partial charge is 0.480 e. The molecule has 16 heavy (non-hydrogen) atoms. The van der Waals surface area contributed by atoms with Crippen LogP contribution < -0.4 is 10.1 Å². The van der Waals surface area contributed by atoms with Crippen LogP contribution in [0.5, 0.6) is 5.88 Å². The molecule has 2 rings (SSSR count). The van der Waals surface area contributed by atoms with Gasteiger partial charge in [0.1, 0.15) is 5.69 Å². The van der Waals surface area contributed by atoms with E-state index >= 15 is 0 Å². The summed E-state index contributed by atoms with van der Waals surface area (Å²) in [5, 5.41) is 3.91. The Kier molecular flexibility index (Phi) is 4.01. The first-order valence-electron chi connectivity index (χ1n) is 5.50. The van der Waals surface area contributed by atoms with E-state index in [-0.39, 0.29) is 6.04 Å². The molecule has 0 amide bonds. The molecule has 1 aromatic heterocycles. The first-order chi connectivity index (χ1) is 7.86. The lowest BCUT2D eigenvalue weighted by Gasteiger charge is -2.22. The Balaban J connectivity index is 2.24. The van der Waals surface area contributed by atoms with Gasteiger partial charge in [-0.15, -0.1) is 0 Å². The highest BCUT2D eigenvalue weighted by molar-refractivity contribution is 8.00. The van der Waals surface area contributed by atoms with E-state index in [9.17, 15) is 0 Å². The van der Waals surface area contributed by atoms with Crippen LogP contribution in [-0.2, 0) is 0 Å². The first-order valence-corrected chi connectivity index (χ1v) is 6.55. The molecule has 0 spiro atoms. The number of thioether (sulfide) groups is 1. The van der Waals surface area contributed by atoms with Crippen LogP contribution in [0.2, 0.25) is 0 Å². The van der Waals surface area contributed by atoms with Gasteiger partial charge in [0.05, 0.1) is 13.2 Å². The maximum absolute atomic E-state index is 5.26. The predicted molar refractivity (Wildman–Crippen MR) is 65.9 cm³/mol. The number of methoxy groups -OCH3 is 1. The highest BCUT2D eigenvalue weighted by Crippen LogP contribution is 2.37. The van der Waals surface area contributed by atoms with E-state index < -0.39 is 0 Å². The molecule has 1 aliphatic heterocycles. The molecule has 5 heteroatoms. The molecule has 0 aliphatic carbocycles. The minimum Gasteiger partial charge on any atom is -0.480 e. The predicted octanol–water partition coefficient (Wildman–Crippen LogP) is 1.64. The number of hydrogen-bond acceptors (Lipinski definition) is 5. The topological polar surface area (TPSA) is 47.0 Å². The molecule has 1 aromatic rings. The quantitative estimate of drug-likeness (QED) is 0.865. The monoisotopic (exact) mass is 239 g/mol. The van der Waals surface area contributed by atoms with Gasteiger partial charge in [0.2, 0.25) is 5.88 Å². The summed E-state index contributed by atoms with van der Waals surface area (Å²) >= 11 is 2.00. The summed E-state index contributed by atoms with van der Waals surface area (Å²) < 4.78 is 5.26. The lowest BCUT2D eigenvalue weighted by atomic mass is 10.1. The van der Waals surface area contributed by atoms with Crippen LogP contribution >= 0.6 is 11.8 Å². The zero-order valence-electron chi connectivity index (χ0n) is 9.64. The molecule has 1 saturated heterocycles. The van der Waals surface area contributed by atoms with Gasteiger partial charge in [-0.1, -0.05) is 0 Å². The van der Waals surface area contributed by atoms with Crippen LogP contribution in [0.3, 0.4) is 0 Å². The number of hydrogen-bond donors (Lipinski definition) is 1. The Labute approximate surface area is 100 Å². The molecule has 4 nitrogen and oxygen atoms in total. The smallest absolute Gasteiger partial charge is 0.237 e. The normalized spacial score (nSPS) is 22.0. The lowest BCUT2D eigenvalue weighted by molar-refractivity contribution is 0.377. The van der Waals surface area contributed by atoms with Gasteiger partial charge in [-0.2, -0.15) is 11.8 Å². The van der Waals surface area contributed by atoms with Gasteiger partial charge in [0, 0.05) is 17.6 Å². The van der Waals surface area contributed by atoms with Crippen LogP contribution in [0.15, 0.2) is 12.4 Å². The summed E-state index contributed by atoms with van der Waals surface area (Å²) in [6.07, 6.45) is 5.91. The average molecular weight is 239 g/mol. The third-order valence-corrected chi connectivity index (χ3v) is 4.29. The Morgan fingerprint density at radius 2 is 2.31 bits per heavy atom. The minimum absolute atomic E-state index is 0.233. The summed E-state index contributed by atoms with van der Waals surface area (Å²) in [6, 6.07) is 0.233. The van der Waals surface area contributed by atoms with Gasteiger partial charge in [-0.3, -0.25) is 4.98 Å². The molecule has 0 radical (unpaired) electrons. The molecule has 0 aromatic carbocycles. The van der Waals surface area contributed by atoms with E-state index in [1.807, 2.05) is 18.8 Å². The van der Waals surface area contributed by atoms with Gasteiger partial charge in [0.25, 0.3) is 0 Å². The maximum atomic E-state index is 5.26. The van der Waals surface area contributed by atoms with Crippen molar-refractivity contribution in [3.8, 4) is 5.88 Å². The van der Waals surface area contributed by atoms with Crippen LogP contribution in [0.25, 0.3) is 0 Å². The van der Waals surface area contributed by atoms with Crippen LogP contribution in [0.4, 0.5) is 0 Å². The number of nitrogens with zero attached hydrogens (tertiary/aromatic N) is 2. The van der Waals surface area contributed by atoms with Crippen molar-refractivity contribution < 1.29 is 4.74 Å². The first kappa shape index (κ1) is 11.7. The van der Waals surface area contributed by atoms with Crippen LogP contribution in [0.1, 0.15) is 24.6 Å². The third kappa shape index (κ3) is 2.30. The highest BCUT2D eigenvalue weighted by Gasteiger charge is 2.29. The zero-order valence-corrected chi connectivity index (χ0v) is 10.5. The molecule has 2 unspecified atom stereocenters. The fourth-order valence-electron chi connectivity index (χ4n) is 2.07. The minimum atomic E-state index is 0.233. The second-order valence-corrected chi connectivity index (χ2v) is 5.12. The Hall–Kier alpha value is -0.810. The molecule has 1 aliphatic rings. The van der Waals surface area contributed by atoms with Crippen molar-refractivity contribution in [1.29, 1.82) is 0 Å². The molecule has 2 heterocycles. The van der Waals surface area contributed by atoms with E-state index in [4.69, 9.17) is 4.74 Å². The maximum Gasteiger partial charge on any atom is 0.237 e. The van der Waals surface area contributed by atoms with Gasteiger partial charge in [0.15, 0.2) is 0 Å². The number of ether oxygens (including phenoxy) is 1. The van der Waals surface area contributed by atoms with Crippen molar-refractivity contribution in [3.63, 3.8) is 0 Å². The molecule has 88 valence electrons. The molecule has 1 fully saturated rings. The van der Waals surface area contributed by atoms with E-state index in [1.54, 1.807) is 19.5 Å². The molecule has 0 bridgehead atoms. The molecule has 1 N–H and O–H groups in total. The highest BCUT2D eigenvalue weighted by atomic mass is 32.2. The van der Waals surface area contributed by atoms with Gasteiger partial charge in [-0.05, 0) is 25.6 Å². The van der Waals surface area contributed by atoms with Crippen molar-refractivity contribution in [3.05, 3.63) is 18.1 Å². The summed E-state index contributed by atoms with van der Waals surface area (Å²) in [7, 11) is 3.61. The average Bonchev–Trinajstić information content (AvgIpc) is 2.84. The number of rotatable bonds is 4. The van der Waals surface area contributed by atoms with Crippen LogP contribution in [0, 0.1) is 0 Å². The molecule has 0 saturated carbocycles. The number of aromatic nitrogens is 2. The van der Waals surface area contributed by atoms with Crippen molar-refractivity contribution in [2.45, 2.75) is 24.1 Å². The van der Waals surface area contributed by atoms with Gasteiger partial charge in [-0.25, -0.2) is 4.98 Å². The standard InChI is InChI=1S/C11H17N3OS/c1-12-9(8-4-3-7-16-8)10-11(15-2)14-6-5-13-10/h5-6,8-9,12H,3-4,7H2,1-2H3. The second kappa shape index (κ2) is 5.50. The van der Waals surface area contributed by atoms with E-state index in [2.05, 4.69) is 15.3 Å². The third-order valence-electron chi connectivity index (χ3n) is 2.83. The van der Waals surface area contributed by atoms with Crippen molar-refractivity contribution in [1.82, 2.24) is 15.3 Å². The fraction of sp³-hybridized carbons (Fsp3) is 0.636. The number of nitrogens with one attached hydrogen (secondary N) is 1. The van der Waals surface area contributed by atoms with Gasteiger partial charge >= 0.3 is 0 Å². The molecule has 2 atom stereocenters. The van der Waals surface area contributed by atoms with Crippen molar-refractivity contribution in [2.75, 3.05) is 19.9 Å². The van der Waals surface area contributed by atoms with Crippen molar-refractivity contribution >= 4 is 11.8 Å². The van der Waals surface area contributed by atoms with Crippen LogP contribution in [-0.4, -0.2) is 35.1 Å². The summed E-state index contributed by atoms with van der Waals surface area (Å²) in [4.78, 5) is 8.61. The lowest BCUT2D eigenvalue weighted by Crippen LogP contribution is -2.27. The summed E-state index contributed by atoms with van der Waals surface area (Å²) in [6.45, 7) is 0. The molecular formula is C11H17N3OS. The molecular weight excluding hydrogens is 222 g/mol. The Morgan fingerprint density at radius 1 is 1.50 bits per heavy atom. The second-order valence-electron chi connectivity index (χ2n) is 3.77. The van der Waals surface area contributed by atoms with E-state index in [0.29, 0.717) is 11.1 Å². The Bertz CT molecular complexity index is 342. The SMILES string of the molecule is CNC(c1nccnc1OC)C1CCCS1. The fourth-order valence-corrected chi connectivity index (χ4v) is 3.50. The summed E-state index contributed by atoms with van der Waals surface area (Å²) in [5.41, 5.74) is 0.923. The van der Waals surface area contributed by atoms with E-state index in [1.165, 1.54) is 18.6 Å².